The molecule has 1 unspecified atom stereocenters. The number of carbonyl (C=O) groups excluding carboxylic acids is 2. The van der Waals surface area contributed by atoms with Crippen molar-refractivity contribution in [3.8, 4) is 0 Å². The second kappa shape index (κ2) is 6.89. The summed E-state index contributed by atoms with van der Waals surface area (Å²) in [6.45, 7) is 3.79. The van der Waals surface area contributed by atoms with Crippen LogP contribution < -0.4 is 10.6 Å². The number of amides is 3. The summed E-state index contributed by atoms with van der Waals surface area (Å²) in [5, 5.41) is 5.35. The Kier molecular flexibility index (Phi) is 5.19. The molecule has 1 saturated carbocycles. The van der Waals surface area contributed by atoms with E-state index in [1.54, 1.807) is 0 Å². The molecule has 3 amide bonds. The Balaban J connectivity index is 1.73. The van der Waals surface area contributed by atoms with Crippen molar-refractivity contribution in [2.24, 2.45) is 0 Å². The summed E-state index contributed by atoms with van der Waals surface area (Å²) in [7, 11) is 0. The molecule has 0 radical (unpaired) electrons. The van der Waals surface area contributed by atoms with Gasteiger partial charge >= 0.3 is 6.03 Å². The molecule has 2 fully saturated rings. The van der Waals surface area contributed by atoms with E-state index in [4.69, 9.17) is 0 Å². The summed E-state index contributed by atoms with van der Waals surface area (Å²) >= 11 is 0. The van der Waals surface area contributed by atoms with Crippen LogP contribution in [0.4, 0.5) is 4.79 Å². The van der Waals surface area contributed by atoms with Crippen molar-refractivity contribution in [3.63, 3.8) is 0 Å². The highest BCUT2D eigenvalue weighted by atomic mass is 16.2. The third-order valence-electron chi connectivity index (χ3n) is 4.24. The van der Waals surface area contributed by atoms with Crippen molar-refractivity contribution in [1.82, 2.24) is 15.5 Å². The van der Waals surface area contributed by atoms with E-state index in [9.17, 15) is 9.59 Å². The highest BCUT2D eigenvalue weighted by molar-refractivity contribution is 5.96. The zero-order chi connectivity index (χ0) is 13.7. The van der Waals surface area contributed by atoms with Gasteiger partial charge in [0.15, 0.2) is 0 Å². The predicted molar refractivity (Wildman–Crippen MR) is 73.8 cm³/mol. The van der Waals surface area contributed by atoms with Gasteiger partial charge in [-0.05, 0) is 45.7 Å². The maximum Gasteiger partial charge on any atom is 0.321 e. The number of nitrogens with one attached hydrogen (secondary N) is 2. The van der Waals surface area contributed by atoms with Crippen LogP contribution in [-0.4, -0.2) is 42.0 Å². The summed E-state index contributed by atoms with van der Waals surface area (Å²) in [4.78, 5) is 25.9. The fourth-order valence-electron chi connectivity index (χ4n) is 2.98. The van der Waals surface area contributed by atoms with Crippen LogP contribution in [0, 0.1) is 0 Å². The Morgan fingerprint density at radius 1 is 1.05 bits per heavy atom. The Bertz CT molecular complexity index is 321. The molecule has 1 aliphatic carbocycles. The van der Waals surface area contributed by atoms with Crippen LogP contribution in [0.2, 0.25) is 0 Å². The quantitative estimate of drug-likeness (QED) is 0.817. The SMILES string of the molecule is CC(C(=O)NC(=O)NC1CCCC1)N1CCCCC1. The molecule has 2 N–H and O–H groups in total. The van der Waals surface area contributed by atoms with Gasteiger partial charge in [0.1, 0.15) is 0 Å². The van der Waals surface area contributed by atoms with Gasteiger partial charge in [0.25, 0.3) is 0 Å². The van der Waals surface area contributed by atoms with Crippen molar-refractivity contribution < 1.29 is 9.59 Å². The minimum Gasteiger partial charge on any atom is -0.335 e. The van der Waals surface area contributed by atoms with E-state index in [0.717, 1.165) is 38.8 Å². The number of imide groups is 1. The van der Waals surface area contributed by atoms with Gasteiger partial charge in [0.05, 0.1) is 6.04 Å². The fourth-order valence-corrected chi connectivity index (χ4v) is 2.98. The van der Waals surface area contributed by atoms with Crippen molar-refractivity contribution in [2.75, 3.05) is 13.1 Å². The molecule has 0 aromatic heterocycles. The van der Waals surface area contributed by atoms with Crippen LogP contribution in [0.3, 0.4) is 0 Å². The lowest BCUT2D eigenvalue weighted by Gasteiger charge is -2.31. The zero-order valence-electron chi connectivity index (χ0n) is 11.8. The molecule has 108 valence electrons. The Hall–Kier alpha value is -1.10. The molecule has 19 heavy (non-hydrogen) atoms. The first kappa shape index (κ1) is 14.3. The number of urea groups is 1. The molecule has 0 aromatic carbocycles. The van der Waals surface area contributed by atoms with E-state index < -0.39 is 0 Å². The van der Waals surface area contributed by atoms with Crippen LogP contribution in [0.15, 0.2) is 0 Å². The third-order valence-corrected chi connectivity index (χ3v) is 4.24. The first-order valence-corrected chi connectivity index (χ1v) is 7.52. The average molecular weight is 267 g/mol. The minimum absolute atomic E-state index is 0.183. The van der Waals surface area contributed by atoms with Crippen LogP contribution in [0.5, 0.6) is 0 Å². The number of rotatable bonds is 3. The van der Waals surface area contributed by atoms with E-state index >= 15 is 0 Å². The number of piperidine rings is 1. The highest BCUT2D eigenvalue weighted by Crippen LogP contribution is 2.17. The molecule has 0 spiro atoms. The van der Waals surface area contributed by atoms with E-state index in [-0.39, 0.29) is 24.0 Å². The van der Waals surface area contributed by atoms with Crippen molar-refractivity contribution in [3.05, 3.63) is 0 Å². The van der Waals surface area contributed by atoms with Crippen LogP contribution in [0.25, 0.3) is 0 Å². The average Bonchev–Trinajstić information content (AvgIpc) is 2.91. The lowest BCUT2D eigenvalue weighted by molar-refractivity contribution is -0.125. The number of nitrogens with zero attached hydrogens (tertiary/aromatic N) is 1. The zero-order valence-corrected chi connectivity index (χ0v) is 11.8. The van der Waals surface area contributed by atoms with E-state index in [1.165, 1.54) is 19.3 Å². The van der Waals surface area contributed by atoms with Crippen molar-refractivity contribution in [1.29, 1.82) is 0 Å². The summed E-state index contributed by atoms with van der Waals surface area (Å²) in [5.41, 5.74) is 0. The molecule has 0 bridgehead atoms. The highest BCUT2D eigenvalue weighted by Gasteiger charge is 2.25. The lowest BCUT2D eigenvalue weighted by Crippen LogP contribution is -2.52. The minimum atomic E-state index is -0.333. The predicted octanol–water partition coefficient (Wildman–Crippen LogP) is 1.63. The molecule has 1 heterocycles. The standard InChI is InChI=1S/C14H25N3O2/c1-11(17-9-5-2-6-10-17)13(18)16-14(19)15-12-7-3-4-8-12/h11-12H,2-10H2,1H3,(H2,15,16,18,19). The Morgan fingerprint density at radius 3 is 2.32 bits per heavy atom. The molecule has 5 heteroatoms. The fraction of sp³-hybridized carbons (Fsp3) is 0.857. The Morgan fingerprint density at radius 2 is 1.68 bits per heavy atom. The second-order valence-electron chi connectivity index (χ2n) is 5.72. The molecule has 1 saturated heterocycles. The maximum atomic E-state index is 12.0. The number of carbonyl (C=O) groups is 2. The van der Waals surface area contributed by atoms with Gasteiger partial charge in [-0.1, -0.05) is 19.3 Å². The molecule has 1 aliphatic heterocycles. The van der Waals surface area contributed by atoms with E-state index in [1.807, 2.05) is 6.92 Å². The largest absolute Gasteiger partial charge is 0.335 e. The van der Waals surface area contributed by atoms with Gasteiger partial charge in [0.2, 0.25) is 5.91 Å². The summed E-state index contributed by atoms with van der Waals surface area (Å²) in [6.07, 6.45) is 7.93. The van der Waals surface area contributed by atoms with Gasteiger partial charge in [-0.3, -0.25) is 15.0 Å². The summed E-state index contributed by atoms with van der Waals surface area (Å²) < 4.78 is 0. The van der Waals surface area contributed by atoms with Gasteiger partial charge in [-0.2, -0.15) is 0 Å². The molecule has 2 rings (SSSR count). The number of hydrogen-bond acceptors (Lipinski definition) is 3. The molecular formula is C14H25N3O2. The summed E-state index contributed by atoms with van der Waals surface area (Å²) in [5.74, 6) is -0.183. The second-order valence-corrected chi connectivity index (χ2v) is 5.72. The lowest BCUT2D eigenvalue weighted by atomic mass is 10.1. The van der Waals surface area contributed by atoms with Gasteiger partial charge in [-0.25, -0.2) is 4.79 Å². The molecular weight excluding hydrogens is 242 g/mol. The van der Waals surface area contributed by atoms with Crippen LogP contribution in [-0.2, 0) is 4.79 Å². The van der Waals surface area contributed by atoms with Gasteiger partial charge in [0, 0.05) is 6.04 Å². The first-order valence-electron chi connectivity index (χ1n) is 7.52. The van der Waals surface area contributed by atoms with Crippen LogP contribution in [0.1, 0.15) is 51.9 Å². The van der Waals surface area contributed by atoms with Crippen LogP contribution >= 0.6 is 0 Å². The van der Waals surface area contributed by atoms with Gasteiger partial charge in [-0.15, -0.1) is 0 Å². The number of hydrogen-bond donors (Lipinski definition) is 2. The molecule has 0 aromatic rings. The molecule has 1 atom stereocenters. The normalized spacial score (nSPS) is 23.0. The molecule has 5 nitrogen and oxygen atoms in total. The smallest absolute Gasteiger partial charge is 0.321 e. The van der Waals surface area contributed by atoms with E-state index in [2.05, 4.69) is 15.5 Å². The van der Waals surface area contributed by atoms with E-state index in [0.29, 0.717) is 0 Å². The third kappa shape index (κ3) is 4.20. The monoisotopic (exact) mass is 267 g/mol. The van der Waals surface area contributed by atoms with Gasteiger partial charge < -0.3 is 5.32 Å². The van der Waals surface area contributed by atoms with Crippen molar-refractivity contribution in [2.45, 2.75) is 64.0 Å². The first-order chi connectivity index (χ1) is 9.16. The summed E-state index contributed by atoms with van der Waals surface area (Å²) in [6, 6.07) is -0.298. The Labute approximate surface area is 115 Å². The topological polar surface area (TPSA) is 61.4 Å². The maximum absolute atomic E-state index is 12.0. The molecule has 2 aliphatic rings. The number of likely N-dealkylation sites (tertiary alicyclic amines) is 1. The van der Waals surface area contributed by atoms with Crippen molar-refractivity contribution >= 4 is 11.9 Å².